The Bertz CT molecular complexity index is 1050. The molecule has 0 unspecified atom stereocenters. The van der Waals surface area contributed by atoms with Gasteiger partial charge in [-0.25, -0.2) is 19.2 Å². The summed E-state index contributed by atoms with van der Waals surface area (Å²) in [6.07, 6.45) is 3.58. The first-order valence-electron chi connectivity index (χ1n) is 7.25. The number of carbonyl (C=O) groups is 1. The Balaban J connectivity index is 1.80. The van der Waals surface area contributed by atoms with E-state index in [0.29, 0.717) is 0 Å². The molecule has 120 valence electrons. The number of hydrogen-bond acceptors (Lipinski definition) is 5. The van der Waals surface area contributed by atoms with Crippen molar-refractivity contribution in [2.75, 3.05) is 0 Å². The fourth-order valence-corrected chi connectivity index (χ4v) is 3.42. The van der Waals surface area contributed by atoms with Gasteiger partial charge in [0, 0.05) is 11.1 Å². The maximum Gasteiger partial charge on any atom is 0.363 e. The van der Waals surface area contributed by atoms with E-state index in [9.17, 15) is 9.18 Å². The molecule has 2 aromatic heterocycles. The van der Waals surface area contributed by atoms with Crippen molar-refractivity contribution in [3.05, 3.63) is 63.8 Å². The van der Waals surface area contributed by atoms with Crippen molar-refractivity contribution in [2.24, 2.45) is 4.99 Å². The Labute approximate surface area is 140 Å². The van der Waals surface area contributed by atoms with Crippen LogP contribution in [-0.4, -0.2) is 21.3 Å². The molecule has 0 atom stereocenters. The van der Waals surface area contributed by atoms with E-state index < -0.39 is 11.8 Å². The number of fused-ring (bicyclic) bond motifs is 1. The van der Waals surface area contributed by atoms with Crippen LogP contribution >= 0.6 is 11.3 Å². The average Bonchev–Trinajstić information content (AvgIpc) is 3.15. The SMILES string of the molecule is Cc1cn2c(/C=C3\N=C(c4ccccc4F)OC3=O)c(C)nc2s1. The van der Waals surface area contributed by atoms with Gasteiger partial charge in [-0.3, -0.25) is 4.40 Å². The Morgan fingerprint density at radius 1 is 1.29 bits per heavy atom. The van der Waals surface area contributed by atoms with Gasteiger partial charge in [-0.15, -0.1) is 11.3 Å². The lowest BCUT2D eigenvalue weighted by Gasteiger charge is -1.99. The number of aromatic nitrogens is 2. The predicted octanol–water partition coefficient (Wildman–Crippen LogP) is 3.50. The topological polar surface area (TPSA) is 56.0 Å². The van der Waals surface area contributed by atoms with Gasteiger partial charge in [0.15, 0.2) is 10.7 Å². The van der Waals surface area contributed by atoms with Crippen molar-refractivity contribution in [1.29, 1.82) is 0 Å². The van der Waals surface area contributed by atoms with Gasteiger partial charge >= 0.3 is 5.97 Å². The molecule has 0 saturated carbocycles. The molecular formula is C17H12FN3O2S. The van der Waals surface area contributed by atoms with Gasteiger partial charge in [-0.05, 0) is 32.1 Å². The van der Waals surface area contributed by atoms with Gasteiger partial charge in [0.1, 0.15) is 5.82 Å². The van der Waals surface area contributed by atoms with Crippen LogP contribution in [0.2, 0.25) is 0 Å². The van der Waals surface area contributed by atoms with Crippen molar-refractivity contribution in [2.45, 2.75) is 13.8 Å². The Hall–Kier alpha value is -2.80. The molecule has 0 bridgehead atoms. The summed E-state index contributed by atoms with van der Waals surface area (Å²) < 4.78 is 20.9. The number of imidazole rings is 1. The zero-order valence-corrected chi connectivity index (χ0v) is 13.7. The predicted molar refractivity (Wildman–Crippen MR) is 89.5 cm³/mol. The minimum Gasteiger partial charge on any atom is -0.402 e. The van der Waals surface area contributed by atoms with Crippen LogP contribution in [0.1, 0.15) is 21.8 Å². The van der Waals surface area contributed by atoms with Crippen molar-refractivity contribution < 1.29 is 13.9 Å². The molecule has 1 aliphatic heterocycles. The standard InChI is InChI=1S/C17H12FN3O2S/c1-9-8-21-14(10(2)19-17(21)24-9)7-13-16(22)23-15(20-13)11-5-3-4-6-12(11)18/h3-8H,1-2H3/b13-7-. The van der Waals surface area contributed by atoms with Crippen LogP contribution in [-0.2, 0) is 9.53 Å². The number of cyclic esters (lactones) is 1. The molecule has 0 fully saturated rings. The summed E-state index contributed by atoms with van der Waals surface area (Å²) in [5.41, 5.74) is 1.84. The van der Waals surface area contributed by atoms with E-state index in [-0.39, 0.29) is 17.2 Å². The fourth-order valence-electron chi connectivity index (χ4n) is 2.54. The molecule has 7 heteroatoms. The maximum atomic E-state index is 13.8. The normalized spacial score (nSPS) is 16.0. The van der Waals surface area contributed by atoms with Crippen LogP contribution < -0.4 is 0 Å². The molecular weight excluding hydrogens is 329 g/mol. The van der Waals surface area contributed by atoms with Gasteiger partial charge < -0.3 is 4.74 Å². The van der Waals surface area contributed by atoms with E-state index >= 15 is 0 Å². The summed E-state index contributed by atoms with van der Waals surface area (Å²) in [5, 5.41) is 0. The van der Waals surface area contributed by atoms with Crippen LogP contribution in [0.15, 0.2) is 41.2 Å². The second-order valence-corrected chi connectivity index (χ2v) is 6.61. The second-order valence-electron chi connectivity index (χ2n) is 5.39. The van der Waals surface area contributed by atoms with Gasteiger partial charge in [0.25, 0.3) is 0 Å². The lowest BCUT2D eigenvalue weighted by Crippen LogP contribution is -2.07. The zero-order chi connectivity index (χ0) is 16.8. The third-order valence-electron chi connectivity index (χ3n) is 3.66. The van der Waals surface area contributed by atoms with E-state index in [4.69, 9.17) is 4.74 Å². The molecule has 0 amide bonds. The molecule has 0 radical (unpaired) electrons. The number of halogens is 1. The number of benzene rings is 1. The number of esters is 1. The molecule has 0 N–H and O–H groups in total. The third kappa shape index (κ3) is 2.33. The number of ether oxygens (including phenoxy) is 1. The number of aliphatic imine (C=N–C) groups is 1. The smallest absolute Gasteiger partial charge is 0.363 e. The van der Waals surface area contributed by atoms with Crippen LogP contribution in [0.3, 0.4) is 0 Å². The summed E-state index contributed by atoms with van der Waals surface area (Å²) >= 11 is 1.57. The quantitative estimate of drug-likeness (QED) is 0.529. The Morgan fingerprint density at radius 2 is 2.08 bits per heavy atom. The molecule has 1 aliphatic rings. The average molecular weight is 341 g/mol. The monoisotopic (exact) mass is 341 g/mol. The zero-order valence-electron chi connectivity index (χ0n) is 12.9. The van der Waals surface area contributed by atoms with Crippen molar-refractivity contribution >= 4 is 34.2 Å². The van der Waals surface area contributed by atoms with Gasteiger partial charge in [-0.2, -0.15) is 0 Å². The highest BCUT2D eigenvalue weighted by atomic mass is 32.1. The minimum absolute atomic E-state index is 0.0238. The van der Waals surface area contributed by atoms with E-state index in [1.807, 2.05) is 24.4 Å². The van der Waals surface area contributed by atoms with E-state index in [1.54, 1.807) is 29.5 Å². The first kappa shape index (κ1) is 14.8. The van der Waals surface area contributed by atoms with Crippen LogP contribution in [0, 0.1) is 19.7 Å². The molecule has 5 nitrogen and oxygen atoms in total. The highest BCUT2D eigenvalue weighted by Gasteiger charge is 2.26. The molecule has 3 aromatic rings. The molecule has 4 rings (SSSR count). The number of hydrogen-bond donors (Lipinski definition) is 0. The van der Waals surface area contributed by atoms with E-state index in [1.165, 1.54) is 12.1 Å². The van der Waals surface area contributed by atoms with E-state index in [0.717, 1.165) is 21.2 Å². The minimum atomic E-state index is -0.602. The molecule has 0 aliphatic carbocycles. The molecule has 24 heavy (non-hydrogen) atoms. The third-order valence-corrected chi connectivity index (χ3v) is 4.56. The lowest BCUT2D eigenvalue weighted by atomic mass is 10.2. The van der Waals surface area contributed by atoms with E-state index in [2.05, 4.69) is 9.98 Å². The highest BCUT2D eigenvalue weighted by Crippen LogP contribution is 2.25. The fraction of sp³-hybridized carbons (Fsp3) is 0.118. The number of aryl methyl sites for hydroxylation is 2. The largest absolute Gasteiger partial charge is 0.402 e. The van der Waals surface area contributed by atoms with Crippen LogP contribution in [0.5, 0.6) is 0 Å². The summed E-state index contributed by atoms with van der Waals surface area (Å²) in [6, 6.07) is 6.05. The maximum absolute atomic E-state index is 13.8. The summed E-state index contributed by atoms with van der Waals surface area (Å²) in [5.74, 6) is -1.11. The van der Waals surface area contributed by atoms with Gasteiger partial charge in [-0.1, -0.05) is 12.1 Å². The van der Waals surface area contributed by atoms with Crippen molar-refractivity contribution in [3.63, 3.8) is 0 Å². The highest BCUT2D eigenvalue weighted by molar-refractivity contribution is 7.17. The number of rotatable bonds is 2. The number of nitrogens with zero attached hydrogens (tertiary/aromatic N) is 3. The molecule has 0 spiro atoms. The molecule has 0 saturated heterocycles. The summed E-state index contributed by atoms with van der Waals surface area (Å²) in [7, 11) is 0. The lowest BCUT2D eigenvalue weighted by molar-refractivity contribution is -0.129. The van der Waals surface area contributed by atoms with Crippen molar-refractivity contribution in [1.82, 2.24) is 9.38 Å². The molecule has 3 heterocycles. The van der Waals surface area contributed by atoms with Crippen LogP contribution in [0.4, 0.5) is 4.39 Å². The molecule has 1 aromatic carbocycles. The van der Waals surface area contributed by atoms with Gasteiger partial charge in [0.05, 0.1) is 17.0 Å². The van der Waals surface area contributed by atoms with Crippen LogP contribution in [0.25, 0.3) is 11.0 Å². The Kier molecular flexibility index (Phi) is 3.31. The number of thiazole rings is 1. The summed E-state index contributed by atoms with van der Waals surface area (Å²) in [4.78, 5) is 22.7. The summed E-state index contributed by atoms with van der Waals surface area (Å²) in [6.45, 7) is 3.85. The van der Waals surface area contributed by atoms with Crippen molar-refractivity contribution in [3.8, 4) is 0 Å². The van der Waals surface area contributed by atoms with Gasteiger partial charge in [0.2, 0.25) is 5.90 Å². The Morgan fingerprint density at radius 3 is 2.88 bits per heavy atom. The first-order valence-corrected chi connectivity index (χ1v) is 8.07. The first-order chi connectivity index (χ1) is 11.5. The second kappa shape index (κ2) is 5.38. The number of carbonyl (C=O) groups excluding carboxylic acids is 1.